The maximum atomic E-state index is 13.3. The summed E-state index contributed by atoms with van der Waals surface area (Å²) < 4.78 is 33.3. The highest BCUT2D eigenvalue weighted by Crippen LogP contribution is 2.55. The van der Waals surface area contributed by atoms with Gasteiger partial charge in [-0.25, -0.2) is 13.2 Å². The highest BCUT2D eigenvalue weighted by atomic mass is 32.2. The van der Waals surface area contributed by atoms with Crippen LogP contribution in [0.25, 0.3) is 0 Å². The Labute approximate surface area is 180 Å². The summed E-state index contributed by atoms with van der Waals surface area (Å²) in [6, 6.07) is 9.60. The number of hydrogen-bond donors (Lipinski definition) is 1. The number of fused-ring (bicyclic) bond motifs is 1. The molecule has 1 aromatic rings. The molecule has 1 fully saturated rings. The molecule has 1 aliphatic carbocycles. The Kier molecular flexibility index (Phi) is 6.09. The van der Waals surface area contributed by atoms with E-state index in [0.29, 0.717) is 10.9 Å². The Morgan fingerprint density at radius 2 is 1.83 bits per heavy atom. The van der Waals surface area contributed by atoms with Gasteiger partial charge in [-0.05, 0) is 36.2 Å². The van der Waals surface area contributed by atoms with Crippen molar-refractivity contribution in [3.8, 4) is 0 Å². The summed E-state index contributed by atoms with van der Waals surface area (Å²) >= 11 is 0. The van der Waals surface area contributed by atoms with E-state index in [9.17, 15) is 18.3 Å². The van der Waals surface area contributed by atoms with Gasteiger partial charge >= 0.3 is 6.09 Å². The predicted octanol–water partition coefficient (Wildman–Crippen LogP) is 4.53. The molecule has 1 heterocycles. The Bertz CT molecular complexity index is 905. The zero-order chi connectivity index (χ0) is 22.3. The molecule has 3 rings (SSSR count). The third-order valence-electron chi connectivity index (χ3n) is 6.68. The molecule has 166 valence electrons. The smallest absolute Gasteiger partial charge is 0.421 e. The number of benzene rings is 1. The van der Waals surface area contributed by atoms with Crippen molar-refractivity contribution in [3.63, 3.8) is 0 Å². The lowest BCUT2D eigenvalue weighted by Crippen LogP contribution is -2.56. The summed E-state index contributed by atoms with van der Waals surface area (Å²) in [4.78, 5) is 12.2. The van der Waals surface area contributed by atoms with E-state index >= 15 is 0 Å². The van der Waals surface area contributed by atoms with Gasteiger partial charge in [-0.3, -0.25) is 0 Å². The number of sulfonamides is 1. The summed E-state index contributed by atoms with van der Waals surface area (Å²) in [7, 11) is -4.05. The predicted molar refractivity (Wildman–Crippen MR) is 116 cm³/mol. The fraction of sp³-hybridized carbons (Fsp3) is 0.609. The Morgan fingerprint density at radius 3 is 2.37 bits per heavy atom. The molecule has 5 atom stereocenters. The topological polar surface area (TPSA) is 83.9 Å². The maximum Gasteiger partial charge on any atom is 0.421 e. The monoisotopic (exact) mass is 435 g/mol. The molecule has 0 saturated carbocycles. The number of amides is 1. The summed E-state index contributed by atoms with van der Waals surface area (Å²) in [5.41, 5.74) is -0.415. The van der Waals surface area contributed by atoms with Crippen LogP contribution in [0.4, 0.5) is 4.79 Å². The van der Waals surface area contributed by atoms with E-state index in [-0.39, 0.29) is 29.8 Å². The number of carbonyl (C=O) groups is 1. The Balaban J connectivity index is 2.04. The van der Waals surface area contributed by atoms with Crippen molar-refractivity contribution in [2.45, 2.75) is 58.4 Å². The first kappa shape index (κ1) is 22.8. The molecule has 1 saturated heterocycles. The van der Waals surface area contributed by atoms with Crippen molar-refractivity contribution >= 4 is 16.1 Å². The molecule has 0 unspecified atom stereocenters. The van der Waals surface area contributed by atoms with Gasteiger partial charge < -0.3 is 9.84 Å². The largest absolute Gasteiger partial charge is 0.464 e. The van der Waals surface area contributed by atoms with Crippen LogP contribution in [0, 0.1) is 23.2 Å². The molecule has 0 aromatic heterocycles. The third kappa shape index (κ3) is 3.78. The lowest BCUT2D eigenvalue weighted by molar-refractivity contribution is -0.0295. The van der Waals surface area contributed by atoms with E-state index < -0.39 is 26.9 Å². The fourth-order valence-electron chi connectivity index (χ4n) is 5.54. The summed E-state index contributed by atoms with van der Waals surface area (Å²) in [5.74, 6) is -0.199. The number of carboxylic acid groups (broad SMARTS) is 1. The van der Waals surface area contributed by atoms with E-state index in [4.69, 9.17) is 4.74 Å². The van der Waals surface area contributed by atoms with Crippen LogP contribution in [0.15, 0.2) is 42.5 Å². The minimum atomic E-state index is -4.05. The van der Waals surface area contributed by atoms with Crippen LogP contribution in [0.5, 0.6) is 0 Å². The Hall–Kier alpha value is -1.86. The first-order chi connectivity index (χ1) is 13.9. The molecular formula is C23H33NO5S. The molecule has 1 N–H and O–H groups in total. The molecule has 7 heteroatoms. The second kappa shape index (κ2) is 8.00. The van der Waals surface area contributed by atoms with Crippen LogP contribution in [0.2, 0.25) is 0 Å². The lowest BCUT2D eigenvalue weighted by atomic mass is 9.58. The lowest BCUT2D eigenvalue weighted by Gasteiger charge is -2.48. The van der Waals surface area contributed by atoms with Crippen LogP contribution >= 0.6 is 0 Å². The van der Waals surface area contributed by atoms with Gasteiger partial charge in [0, 0.05) is 5.92 Å². The molecule has 1 amide bonds. The standard InChI is InChI=1S/C23H33NO5S/c1-6-17-12-13-18-20(19(17)22(2,3)4)23(5,24(21(25)26)30(18,27)28)15-29-14-16-10-8-7-9-11-16/h7-13,17-20H,6,14-15H2,1-5H3,(H,25,26)/t17-,18+,19+,20-,23+/m1/s1. The highest BCUT2D eigenvalue weighted by molar-refractivity contribution is 7.90. The van der Waals surface area contributed by atoms with Gasteiger partial charge in [0.05, 0.1) is 18.8 Å². The zero-order valence-electron chi connectivity index (χ0n) is 18.4. The van der Waals surface area contributed by atoms with Gasteiger partial charge in [0.1, 0.15) is 5.25 Å². The van der Waals surface area contributed by atoms with Crippen LogP contribution in [-0.2, 0) is 21.4 Å². The molecule has 6 nitrogen and oxygen atoms in total. The van der Waals surface area contributed by atoms with E-state index in [1.54, 1.807) is 13.0 Å². The SMILES string of the molecule is CC[C@@H]1C=C[C@H]2[C@H]([C@H]1C(C)(C)C)[C@](C)(COCc1ccccc1)N(C(=O)O)S2(=O)=O. The average Bonchev–Trinajstić information content (AvgIpc) is 2.84. The molecule has 30 heavy (non-hydrogen) atoms. The normalized spacial score (nSPS) is 32.8. The van der Waals surface area contributed by atoms with Crippen LogP contribution in [0.3, 0.4) is 0 Å². The quantitative estimate of drug-likeness (QED) is 0.687. The second-order valence-corrected chi connectivity index (χ2v) is 11.7. The molecule has 0 spiro atoms. The van der Waals surface area contributed by atoms with Gasteiger partial charge in [-0.2, -0.15) is 4.31 Å². The first-order valence-corrected chi connectivity index (χ1v) is 12.0. The van der Waals surface area contributed by atoms with Crippen molar-refractivity contribution < 1.29 is 23.1 Å². The molecule has 0 radical (unpaired) electrons. The summed E-state index contributed by atoms with van der Waals surface area (Å²) in [6.07, 6.45) is 3.12. The van der Waals surface area contributed by atoms with Gasteiger partial charge in [0.25, 0.3) is 0 Å². The van der Waals surface area contributed by atoms with E-state index in [2.05, 4.69) is 27.7 Å². The number of nitrogens with zero attached hydrogens (tertiary/aromatic N) is 1. The van der Waals surface area contributed by atoms with Gasteiger partial charge in [-0.1, -0.05) is 70.2 Å². The fourth-order valence-corrected chi connectivity index (χ4v) is 7.88. The third-order valence-corrected chi connectivity index (χ3v) is 8.90. The maximum absolute atomic E-state index is 13.3. The zero-order valence-corrected chi connectivity index (χ0v) is 19.2. The molecule has 0 bridgehead atoms. The first-order valence-electron chi connectivity index (χ1n) is 10.5. The number of allylic oxidation sites excluding steroid dienone is 1. The van der Waals surface area contributed by atoms with Crippen molar-refractivity contribution in [2.24, 2.45) is 23.2 Å². The highest BCUT2D eigenvalue weighted by Gasteiger charge is 2.66. The summed E-state index contributed by atoms with van der Waals surface area (Å²) in [5, 5.41) is 9.07. The van der Waals surface area contributed by atoms with Crippen molar-refractivity contribution in [2.75, 3.05) is 6.61 Å². The summed E-state index contributed by atoms with van der Waals surface area (Å²) in [6.45, 7) is 10.5. The minimum Gasteiger partial charge on any atom is -0.464 e. The van der Waals surface area contributed by atoms with Crippen LogP contribution < -0.4 is 0 Å². The Morgan fingerprint density at radius 1 is 1.20 bits per heavy atom. The molecule has 2 aliphatic rings. The van der Waals surface area contributed by atoms with Crippen molar-refractivity contribution in [1.29, 1.82) is 0 Å². The van der Waals surface area contributed by atoms with Crippen LogP contribution in [0.1, 0.15) is 46.6 Å². The number of hydrogen-bond acceptors (Lipinski definition) is 4. The second-order valence-electron chi connectivity index (χ2n) is 9.77. The number of ether oxygens (including phenoxy) is 1. The molecule has 1 aromatic carbocycles. The van der Waals surface area contributed by atoms with E-state index in [0.717, 1.165) is 12.0 Å². The molecule has 1 aliphatic heterocycles. The van der Waals surface area contributed by atoms with Gasteiger partial charge in [0.2, 0.25) is 10.0 Å². The van der Waals surface area contributed by atoms with Gasteiger partial charge in [0.15, 0.2) is 0 Å². The van der Waals surface area contributed by atoms with Crippen molar-refractivity contribution in [3.05, 3.63) is 48.0 Å². The number of rotatable bonds is 5. The molecular weight excluding hydrogens is 402 g/mol. The average molecular weight is 436 g/mol. The van der Waals surface area contributed by atoms with Gasteiger partial charge in [-0.15, -0.1) is 0 Å². The van der Waals surface area contributed by atoms with E-state index in [1.165, 1.54) is 0 Å². The van der Waals surface area contributed by atoms with Crippen LogP contribution in [-0.4, -0.2) is 41.3 Å². The minimum absolute atomic E-state index is 0.00181. The van der Waals surface area contributed by atoms with Crippen molar-refractivity contribution in [1.82, 2.24) is 4.31 Å². The van der Waals surface area contributed by atoms with E-state index in [1.807, 2.05) is 36.4 Å².